The Labute approximate surface area is 189 Å². The van der Waals surface area contributed by atoms with E-state index in [1.54, 1.807) is 17.1 Å². The zero-order chi connectivity index (χ0) is 22.8. The van der Waals surface area contributed by atoms with Crippen molar-refractivity contribution in [3.8, 4) is 22.6 Å². The number of nitrogens with zero attached hydrogens (tertiary/aromatic N) is 6. The molecule has 0 aliphatic heterocycles. The summed E-state index contributed by atoms with van der Waals surface area (Å²) in [5.41, 5.74) is 10.2. The molecule has 0 atom stereocenters. The first-order valence-corrected chi connectivity index (χ1v) is 10.3. The van der Waals surface area contributed by atoms with Crippen molar-refractivity contribution in [1.29, 1.82) is 0 Å². The third kappa shape index (κ3) is 4.11. The van der Waals surface area contributed by atoms with Crippen molar-refractivity contribution < 1.29 is 4.79 Å². The number of hydrogen-bond acceptors (Lipinski definition) is 7. The lowest BCUT2D eigenvalue weighted by molar-refractivity contribution is 0.0946. The molecular weight excluding hydrogens is 416 g/mol. The molecule has 0 unspecified atom stereocenters. The maximum atomic E-state index is 12.9. The quantitative estimate of drug-likeness (QED) is 0.434. The van der Waals surface area contributed by atoms with Crippen molar-refractivity contribution in [2.75, 3.05) is 5.73 Å². The molecule has 0 spiro atoms. The normalized spacial score (nSPS) is 10.9. The molecule has 1 aromatic carbocycles. The van der Waals surface area contributed by atoms with E-state index in [-0.39, 0.29) is 18.1 Å². The van der Waals surface area contributed by atoms with Crippen molar-refractivity contribution in [2.24, 2.45) is 7.05 Å². The average molecular weight is 436 g/mol. The summed E-state index contributed by atoms with van der Waals surface area (Å²) >= 11 is 0. The number of rotatable bonds is 5. The number of fused-ring (bicyclic) bond motifs is 1. The number of hydrogen-bond donors (Lipinski definition) is 2. The molecule has 0 bridgehead atoms. The second-order valence-corrected chi connectivity index (χ2v) is 7.44. The largest absolute Gasteiger partial charge is 0.382 e. The van der Waals surface area contributed by atoms with Gasteiger partial charge in [0.2, 0.25) is 0 Å². The zero-order valence-electron chi connectivity index (χ0n) is 17.8. The van der Waals surface area contributed by atoms with Gasteiger partial charge in [0.15, 0.2) is 11.5 Å². The number of pyridine rings is 2. The predicted octanol–water partition coefficient (Wildman–Crippen LogP) is 3.00. The summed E-state index contributed by atoms with van der Waals surface area (Å²) in [6, 6.07) is 16.9. The number of nitrogens with two attached hydrogens (primary N) is 1. The third-order valence-corrected chi connectivity index (χ3v) is 5.13. The van der Waals surface area contributed by atoms with Gasteiger partial charge in [-0.2, -0.15) is 5.10 Å². The van der Waals surface area contributed by atoms with Gasteiger partial charge >= 0.3 is 0 Å². The van der Waals surface area contributed by atoms with E-state index >= 15 is 0 Å². The molecule has 3 N–H and O–H groups in total. The SMILES string of the molecule is Cn1ccc(-c2nc(N)c(C(=O)NCc3ccccn3)nc2-c2ccc3ncccc3c2)n1. The predicted molar refractivity (Wildman–Crippen MR) is 125 cm³/mol. The Morgan fingerprint density at radius 1 is 1.00 bits per heavy atom. The molecule has 33 heavy (non-hydrogen) atoms. The molecular formula is C24H20N8O. The second-order valence-electron chi connectivity index (χ2n) is 7.44. The summed E-state index contributed by atoms with van der Waals surface area (Å²) < 4.78 is 1.68. The van der Waals surface area contributed by atoms with Gasteiger partial charge in [-0.15, -0.1) is 0 Å². The van der Waals surface area contributed by atoms with Gasteiger partial charge in [0.05, 0.1) is 23.4 Å². The minimum atomic E-state index is -0.429. The van der Waals surface area contributed by atoms with Crippen molar-refractivity contribution in [3.05, 3.63) is 84.6 Å². The van der Waals surface area contributed by atoms with Crippen LogP contribution >= 0.6 is 0 Å². The highest BCUT2D eigenvalue weighted by molar-refractivity contribution is 5.98. The minimum absolute atomic E-state index is 0.0281. The summed E-state index contributed by atoms with van der Waals surface area (Å²) in [4.78, 5) is 30.7. The van der Waals surface area contributed by atoms with Crippen molar-refractivity contribution >= 4 is 22.6 Å². The Hall–Kier alpha value is -4.66. The molecule has 9 nitrogen and oxygen atoms in total. The maximum Gasteiger partial charge on any atom is 0.274 e. The third-order valence-electron chi connectivity index (χ3n) is 5.13. The molecule has 5 aromatic rings. The van der Waals surface area contributed by atoms with Crippen LogP contribution in [-0.2, 0) is 13.6 Å². The molecule has 0 aliphatic carbocycles. The molecule has 1 amide bonds. The molecule has 0 aliphatic rings. The number of nitrogens with one attached hydrogen (secondary N) is 1. The van der Waals surface area contributed by atoms with Crippen LogP contribution in [0.2, 0.25) is 0 Å². The second kappa shape index (κ2) is 8.46. The van der Waals surface area contributed by atoms with Crippen LogP contribution in [0.25, 0.3) is 33.5 Å². The molecule has 0 saturated carbocycles. The molecule has 4 aromatic heterocycles. The van der Waals surface area contributed by atoms with Crippen LogP contribution in [0.1, 0.15) is 16.2 Å². The Balaban J connectivity index is 1.59. The van der Waals surface area contributed by atoms with Gasteiger partial charge in [-0.05, 0) is 36.4 Å². The van der Waals surface area contributed by atoms with Crippen LogP contribution in [0, 0.1) is 0 Å². The Kier molecular flexibility index (Phi) is 5.19. The number of nitrogen functional groups attached to an aromatic ring is 1. The number of anilines is 1. The van der Waals surface area contributed by atoms with Gasteiger partial charge in [0, 0.05) is 36.6 Å². The van der Waals surface area contributed by atoms with E-state index < -0.39 is 5.91 Å². The van der Waals surface area contributed by atoms with Gasteiger partial charge < -0.3 is 11.1 Å². The van der Waals surface area contributed by atoms with Crippen LogP contribution in [0.5, 0.6) is 0 Å². The molecule has 0 saturated heterocycles. The number of amides is 1. The Morgan fingerprint density at radius 2 is 1.88 bits per heavy atom. The fraction of sp³-hybridized carbons (Fsp3) is 0.0833. The summed E-state index contributed by atoms with van der Waals surface area (Å²) in [7, 11) is 1.82. The highest BCUT2D eigenvalue weighted by atomic mass is 16.1. The Bertz CT molecular complexity index is 1460. The lowest BCUT2D eigenvalue weighted by atomic mass is 10.0. The lowest BCUT2D eigenvalue weighted by Gasteiger charge is -2.12. The maximum absolute atomic E-state index is 12.9. The van der Waals surface area contributed by atoms with Crippen molar-refractivity contribution in [2.45, 2.75) is 6.54 Å². The zero-order valence-corrected chi connectivity index (χ0v) is 17.8. The minimum Gasteiger partial charge on any atom is -0.382 e. The van der Waals surface area contributed by atoms with Gasteiger partial charge in [0.25, 0.3) is 5.91 Å². The summed E-state index contributed by atoms with van der Waals surface area (Å²) in [5, 5.41) is 8.22. The highest BCUT2D eigenvalue weighted by Crippen LogP contribution is 2.31. The average Bonchev–Trinajstić information content (AvgIpc) is 3.29. The van der Waals surface area contributed by atoms with E-state index in [9.17, 15) is 4.79 Å². The van der Waals surface area contributed by atoms with Gasteiger partial charge in [-0.25, -0.2) is 9.97 Å². The van der Waals surface area contributed by atoms with Crippen LogP contribution < -0.4 is 11.1 Å². The smallest absolute Gasteiger partial charge is 0.274 e. The van der Waals surface area contributed by atoms with E-state index in [0.717, 1.165) is 22.2 Å². The standard InChI is InChI=1S/C24H20N8O/c1-32-12-9-19(31-32)21-20(16-7-8-18-15(13-16)5-4-11-27-18)29-22(23(25)30-21)24(33)28-14-17-6-2-3-10-26-17/h2-13H,14H2,1H3,(H2,25,30)(H,28,33). The van der Waals surface area contributed by atoms with Crippen molar-refractivity contribution in [1.82, 2.24) is 35.0 Å². The van der Waals surface area contributed by atoms with E-state index in [0.29, 0.717) is 17.1 Å². The molecule has 0 fully saturated rings. The number of benzene rings is 1. The molecule has 0 radical (unpaired) electrons. The van der Waals surface area contributed by atoms with E-state index in [1.807, 2.05) is 67.8 Å². The number of carbonyl (C=O) groups excluding carboxylic acids is 1. The molecule has 9 heteroatoms. The van der Waals surface area contributed by atoms with Crippen LogP contribution in [0.3, 0.4) is 0 Å². The number of carbonyl (C=O) groups is 1. The monoisotopic (exact) mass is 436 g/mol. The van der Waals surface area contributed by atoms with Gasteiger partial charge in [0.1, 0.15) is 11.4 Å². The van der Waals surface area contributed by atoms with Crippen LogP contribution in [-0.4, -0.2) is 35.6 Å². The summed E-state index contributed by atoms with van der Waals surface area (Å²) in [6.45, 7) is 0.250. The molecule has 162 valence electrons. The topological polar surface area (TPSA) is 124 Å². The Morgan fingerprint density at radius 3 is 2.67 bits per heavy atom. The van der Waals surface area contributed by atoms with E-state index in [1.165, 1.54) is 0 Å². The van der Waals surface area contributed by atoms with E-state index in [4.69, 9.17) is 5.73 Å². The van der Waals surface area contributed by atoms with Crippen molar-refractivity contribution in [3.63, 3.8) is 0 Å². The fourth-order valence-electron chi connectivity index (χ4n) is 3.52. The highest BCUT2D eigenvalue weighted by Gasteiger charge is 2.21. The number of aryl methyl sites for hydroxylation is 1. The molecule has 5 rings (SSSR count). The van der Waals surface area contributed by atoms with Gasteiger partial charge in [-0.3, -0.25) is 19.4 Å². The van der Waals surface area contributed by atoms with Crippen LogP contribution in [0.15, 0.2) is 73.2 Å². The lowest BCUT2D eigenvalue weighted by Crippen LogP contribution is -2.26. The van der Waals surface area contributed by atoms with E-state index in [2.05, 4.69) is 30.4 Å². The molecule has 4 heterocycles. The fourth-order valence-corrected chi connectivity index (χ4v) is 3.52. The van der Waals surface area contributed by atoms with Gasteiger partial charge in [-0.1, -0.05) is 18.2 Å². The first kappa shape index (κ1) is 20.3. The summed E-state index contributed by atoms with van der Waals surface area (Å²) in [6.07, 6.45) is 5.23. The first-order chi connectivity index (χ1) is 16.1. The number of aromatic nitrogens is 6. The van der Waals surface area contributed by atoms with Crippen LogP contribution in [0.4, 0.5) is 5.82 Å². The first-order valence-electron chi connectivity index (χ1n) is 10.3. The summed E-state index contributed by atoms with van der Waals surface area (Å²) in [5.74, 6) is -0.401.